The molecule has 1 amide bonds. The largest absolute Gasteiger partial charge is 0.495 e. The Balaban J connectivity index is 1.57. The van der Waals surface area contributed by atoms with Crippen LogP contribution in [0.15, 0.2) is 41.0 Å². The molecule has 0 saturated carbocycles. The highest BCUT2D eigenvalue weighted by Crippen LogP contribution is 2.29. The Labute approximate surface area is 172 Å². The standard InChI is InChI=1S/C21H23BrN4O2/c1-14-12-16(22)20-23-15(2)19(26(20)13-14)21(27)25-10-8-24(9-11-25)17-6-4-5-7-18(17)28-3/h4-7,12-13H,8-11H2,1-3H3. The summed E-state index contributed by atoms with van der Waals surface area (Å²) in [4.78, 5) is 22.1. The molecule has 0 spiro atoms. The van der Waals surface area contributed by atoms with Crippen LogP contribution in [0.25, 0.3) is 5.65 Å². The summed E-state index contributed by atoms with van der Waals surface area (Å²) in [7, 11) is 1.69. The fourth-order valence-corrected chi connectivity index (χ4v) is 4.44. The smallest absolute Gasteiger partial charge is 0.272 e. The molecule has 28 heavy (non-hydrogen) atoms. The van der Waals surface area contributed by atoms with Crippen LogP contribution in [-0.4, -0.2) is 53.5 Å². The van der Waals surface area contributed by atoms with Crippen LogP contribution in [0.1, 0.15) is 21.7 Å². The highest BCUT2D eigenvalue weighted by atomic mass is 79.9. The molecule has 3 heterocycles. The van der Waals surface area contributed by atoms with Crippen molar-refractivity contribution in [2.45, 2.75) is 13.8 Å². The number of rotatable bonds is 3. The molecule has 1 aliphatic rings. The number of aromatic nitrogens is 2. The van der Waals surface area contributed by atoms with Crippen LogP contribution in [0.5, 0.6) is 5.75 Å². The summed E-state index contributed by atoms with van der Waals surface area (Å²) in [6.07, 6.45) is 1.97. The van der Waals surface area contributed by atoms with Crippen LogP contribution in [0.2, 0.25) is 0 Å². The van der Waals surface area contributed by atoms with E-state index < -0.39 is 0 Å². The van der Waals surface area contributed by atoms with E-state index in [9.17, 15) is 4.79 Å². The second kappa shape index (κ2) is 7.47. The van der Waals surface area contributed by atoms with Crippen LogP contribution in [0.4, 0.5) is 5.69 Å². The lowest BCUT2D eigenvalue weighted by atomic mass is 10.2. The molecule has 1 aliphatic heterocycles. The Morgan fingerprint density at radius 2 is 1.86 bits per heavy atom. The lowest BCUT2D eigenvalue weighted by Crippen LogP contribution is -2.49. The first kappa shape index (κ1) is 18.8. The van der Waals surface area contributed by atoms with E-state index in [2.05, 4.69) is 31.9 Å². The molecule has 0 bridgehead atoms. The number of hydrogen-bond acceptors (Lipinski definition) is 4. The lowest BCUT2D eigenvalue weighted by molar-refractivity contribution is 0.0739. The summed E-state index contributed by atoms with van der Waals surface area (Å²) in [6.45, 7) is 6.77. The van der Waals surface area contributed by atoms with Crippen LogP contribution in [0, 0.1) is 13.8 Å². The molecule has 1 fully saturated rings. The van der Waals surface area contributed by atoms with Crippen LogP contribution < -0.4 is 9.64 Å². The Kier molecular flexibility index (Phi) is 5.02. The molecule has 4 rings (SSSR count). The Morgan fingerprint density at radius 1 is 1.14 bits per heavy atom. The molecule has 1 aromatic carbocycles. The monoisotopic (exact) mass is 442 g/mol. The van der Waals surface area contributed by atoms with Crippen molar-refractivity contribution in [2.24, 2.45) is 0 Å². The van der Waals surface area contributed by atoms with Crippen molar-refractivity contribution in [1.29, 1.82) is 0 Å². The second-order valence-corrected chi connectivity index (χ2v) is 7.91. The van der Waals surface area contributed by atoms with Gasteiger partial charge in [0.2, 0.25) is 0 Å². The number of benzene rings is 1. The average Bonchev–Trinajstić information content (AvgIpc) is 3.03. The van der Waals surface area contributed by atoms with Gasteiger partial charge in [-0.1, -0.05) is 12.1 Å². The summed E-state index contributed by atoms with van der Waals surface area (Å²) in [5.74, 6) is 0.891. The number of carbonyl (C=O) groups is 1. The van der Waals surface area contributed by atoms with Crippen LogP contribution in [0.3, 0.4) is 0 Å². The molecule has 7 heteroatoms. The minimum absolute atomic E-state index is 0.0298. The van der Waals surface area contributed by atoms with Crippen molar-refractivity contribution in [2.75, 3.05) is 38.2 Å². The zero-order valence-electron chi connectivity index (χ0n) is 16.3. The maximum Gasteiger partial charge on any atom is 0.272 e. The molecule has 146 valence electrons. The number of piperazine rings is 1. The number of nitrogens with zero attached hydrogens (tertiary/aromatic N) is 4. The molecular formula is C21H23BrN4O2. The minimum atomic E-state index is 0.0298. The first-order valence-corrected chi connectivity index (χ1v) is 10.1. The number of halogens is 1. The number of amides is 1. The van der Waals surface area contributed by atoms with Gasteiger partial charge in [0.05, 0.1) is 23.0 Å². The SMILES string of the molecule is COc1ccccc1N1CCN(C(=O)c2c(C)nc3c(Br)cc(C)cn23)CC1. The van der Waals surface area contributed by atoms with Gasteiger partial charge in [-0.3, -0.25) is 9.20 Å². The number of carbonyl (C=O) groups excluding carboxylic acids is 1. The number of aryl methyl sites for hydroxylation is 2. The van der Waals surface area contributed by atoms with Gasteiger partial charge in [0.25, 0.3) is 5.91 Å². The van der Waals surface area contributed by atoms with Crippen molar-refractivity contribution in [1.82, 2.24) is 14.3 Å². The van der Waals surface area contributed by atoms with E-state index >= 15 is 0 Å². The third-order valence-electron chi connectivity index (χ3n) is 5.18. The topological polar surface area (TPSA) is 50.1 Å². The molecule has 2 aromatic heterocycles. The first-order valence-electron chi connectivity index (χ1n) is 9.31. The quantitative estimate of drug-likeness (QED) is 0.620. The van der Waals surface area contributed by atoms with E-state index in [1.54, 1.807) is 7.11 Å². The first-order chi connectivity index (χ1) is 13.5. The van der Waals surface area contributed by atoms with Crippen molar-refractivity contribution in [3.8, 4) is 5.75 Å². The van der Waals surface area contributed by atoms with Crippen molar-refractivity contribution in [3.05, 3.63) is 58.0 Å². The van der Waals surface area contributed by atoms with Gasteiger partial charge >= 0.3 is 0 Å². The number of imidazole rings is 1. The number of methoxy groups -OCH3 is 1. The molecule has 0 N–H and O–H groups in total. The molecule has 0 atom stereocenters. The number of hydrogen-bond donors (Lipinski definition) is 0. The fraction of sp³-hybridized carbons (Fsp3) is 0.333. The number of fused-ring (bicyclic) bond motifs is 1. The summed E-state index contributed by atoms with van der Waals surface area (Å²) in [5, 5.41) is 0. The Bertz CT molecular complexity index is 1040. The summed E-state index contributed by atoms with van der Waals surface area (Å²) >= 11 is 3.56. The highest BCUT2D eigenvalue weighted by molar-refractivity contribution is 9.10. The molecule has 0 aliphatic carbocycles. The predicted molar refractivity (Wildman–Crippen MR) is 113 cm³/mol. The molecule has 0 unspecified atom stereocenters. The fourth-order valence-electron chi connectivity index (χ4n) is 3.79. The van der Waals surface area contributed by atoms with Gasteiger partial charge < -0.3 is 14.5 Å². The third-order valence-corrected chi connectivity index (χ3v) is 5.77. The van der Waals surface area contributed by atoms with E-state index in [1.807, 2.05) is 53.6 Å². The number of ether oxygens (including phenoxy) is 1. The second-order valence-electron chi connectivity index (χ2n) is 7.06. The van der Waals surface area contributed by atoms with E-state index in [1.165, 1.54) is 0 Å². The van der Waals surface area contributed by atoms with Crippen molar-refractivity contribution < 1.29 is 9.53 Å². The van der Waals surface area contributed by atoms with Gasteiger partial charge in [-0.15, -0.1) is 0 Å². The number of anilines is 1. The van der Waals surface area contributed by atoms with Crippen LogP contribution >= 0.6 is 15.9 Å². The number of pyridine rings is 1. The van der Waals surface area contributed by atoms with Gasteiger partial charge in [0, 0.05) is 32.4 Å². The normalized spacial score (nSPS) is 14.6. The summed E-state index contributed by atoms with van der Waals surface area (Å²) in [5.41, 5.74) is 4.32. The molecule has 6 nitrogen and oxygen atoms in total. The van der Waals surface area contributed by atoms with Gasteiger partial charge in [-0.05, 0) is 53.5 Å². The maximum absolute atomic E-state index is 13.3. The Hall–Kier alpha value is -2.54. The Morgan fingerprint density at radius 3 is 2.57 bits per heavy atom. The van der Waals surface area contributed by atoms with E-state index in [0.29, 0.717) is 18.8 Å². The van der Waals surface area contributed by atoms with Gasteiger partial charge in [-0.25, -0.2) is 4.98 Å². The predicted octanol–water partition coefficient (Wildman–Crippen LogP) is 3.68. The molecule has 3 aromatic rings. The average molecular weight is 443 g/mol. The number of para-hydroxylation sites is 2. The lowest BCUT2D eigenvalue weighted by Gasteiger charge is -2.36. The third kappa shape index (κ3) is 3.24. The van der Waals surface area contributed by atoms with E-state index in [-0.39, 0.29) is 5.91 Å². The minimum Gasteiger partial charge on any atom is -0.495 e. The molecular weight excluding hydrogens is 420 g/mol. The van der Waals surface area contributed by atoms with E-state index in [0.717, 1.165) is 45.9 Å². The van der Waals surface area contributed by atoms with Gasteiger partial charge in [0.1, 0.15) is 11.4 Å². The molecule has 0 radical (unpaired) electrons. The molecule has 1 saturated heterocycles. The van der Waals surface area contributed by atoms with Crippen molar-refractivity contribution in [3.63, 3.8) is 0 Å². The summed E-state index contributed by atoms with van der Waals surface area (Å²) in [6, 6.07) is 10.0. The van der Waals surface area contributed by atoms with Gasteiger partial charge in [0.15, 0.2) is 5.65 Å². The zero-order valence-corrected chi connectivity index (χ0v) is 17.9. The van der Waals surface area contributed by atoms with Gasteiger partial charge in [-0.2, -0.15) is 0 Å². The van der Waals surface area contributed by atoms with E-state index in [4.69, 9.17) is 4.74 Å². The van der Waals surface area contributed by atoms with Crippen LogP contribution in [-0.2, 0) is 0 Å². The maximum atomic E-state index is 13.3. The zero-order chi connectivity index (χ0) is 19.8. The van der Waals surface area contributed by atoms with Crippen molar-refractivity contribution >= 4 is 33.2 Å². The summed E-state index contributed by atoms with van der Waals surface area (Å²) < 4.78 is 8.28. The highest BCUT2D eigenvalue weighted by Gasteiger charge is 2.27.